The highest BCUT2D eigenvalue weighted by Crippen LogP contribution is 2.24. The second-order valence-electron chi connectivity index (χ2n) is 6.21. The van der Waals surface area contributed by atoms with Crippen LogP contribution in [-0.4, -0.2) is 32.2 Å². The van der Waals surface area contributed by atoms with Gasteiger partial charge in [0.15, 0.2) is 0 Å². The van der Waals surface area contributed by atoms with Crippen molar-refractivity contribution < 1.29 is 23.2 Å². The second kappa shape index (κ2) is 7.31. The number of halogens is 2. The number of nitro groups is 1. The van der Waals surface area contributed by atoms with Crippen LogP contribution in [0.3, 0.4) is 0 Å². The molecular weight excluding hydrogens is 374 g/mol. The minimum atomic E-state index is -0.680. The van der Waals surface area contributed by atoms with Crippen molar-refractivity contribution in [1.82, 2.24) is 14.5 Å². The highest BCUT2D eigenvalue weighted by molar-refractivity contribution is 5.59. The van der Waals surface area contributed by atoms with Crippen molar-refractivity contribution in [2.75, 3.05) is 6.61 Å². The summed E-state index contributed by atoms with van der Waals surface area (Å²) in [5.74, 6) is -1.60. The van der Waals surface area contributed by atoms with E-state index in [4.69, 9.17) is 9.47 Å². The number of fused-ring (bicyclic) bond motifs is 1. The van der Waals surface area contributed by atoms with Crippen molar-refractivity contribution in [3.05, 3.63) is 70.0 Å². The lowest BCUT2D eigenvalue weighted by Crippen LogP contribution is -2.32. The molecule has 10 heteroatoms. The predicted octanol–water partition coefficient (Wildman–Crippen LogP) is 3.11. The predicted molar refractivity (Wildman–Crippen MR) is 92.5 cm³/mol. The number of nitrogens with zero attached hydrogens (tertiary/aromatic N) is 4. The fourth-order valence-electron chi connectivity index (χ4n) is 2.84. The van der Waals surface area contributed by atoms with Gasteiger partial charge in [0.1, 0.15) is 30.5 Å². The first kappa shape index (κ1) is 18.0. The highest BCUT2D eigenvalue weighted by atomic mass is 19.1. The minimum Gasteiger partial charge on any atom is -0.443 e. The van der Waals surface area contributed by atoms with E-state index < -0.39 is 16.6 Å². The number of benzene rings is 1. The SMILES string of the molecule is O=[N+]([O-])c1cn2c(n1)OC[C@H](OCc1ccc(-c3ccc(F)cc3F)nc1)C2. The number of aromatic nitrogens is 3. The second-order valence-corrected chi connectivity index (χ2v) is 6.21. The molecule has 0 aliphatic carbocycles. The van der Waals surface area contributed by atoms with Crippen LogP contribution in [0.5, 0.6) is 6.01 Å². The van der Waals surface area contributed by atoms with E-state index in [-0.39, 0.29) is 36.7 Å². The Balaban J connectivity index is 1.38. The van der Waals surface area contributed by atoms with Gasteiger partial charge in [0.25, 0.3) is 0 Å². The van der Waals surface area contributed by atoms with Gasteiger partial charge in [-0.3, -0.25) is 9.55 Å². The molecule has 0 spiro atoms. The maximum absolute atomic E-state index is 13.8. The summed E-state index contributed by atoms with van der Waals surface area (Å²) in [4.78, 5) is 18.2. The lowest BCUT2D eigenvalue weighted by Gasteiger charge is -2.22. The maximum Gasteiger partial charge on any atom is 0.414 e. The molecular formula is C18H14F2N4O4. The van der Waals surface area contributed by atoms with E-state index in [1.165, 1.54) is 22.9 Å². The van der Waals surface area contributed by atoms with Crippen molar-refractivity contribution >= 4 is 5.82 Å². The van der Waals surface area contributed by atoms with Crippen LogP contribution in [0.4, 0.5) is 14.6 Å². The van der Waals surface area contributed by atoms with E-state index in [9.17, 15) is 18.9 Å². The normalized spacial score (nSPS) is 15.7. The fraction of sp³-hybridized carbons (Fsp3) is 0.222. The van der Waals surface area contributed by atoms with Crippen LogP contribution in [0.1, 0.15) is 5.56 Å². The molecule has 0 fully saturated rings. The van der Waals surface area contributed by atoms with Crippen molar-refractivity contribution in [3.63, 3.8) is 0 Å². The summed E-state index contributed by atoms with van der Waals surface area (Å²) in [5.41, 5.74) is 1.36. The van der Waals surface area contributed by atoms with E-state index in [1.54, 1.807) is 18.3 Å². The Hall–Kier alpha value is -3.40. The Bertz CT molecular complexity index is 1020. The minimum absolute atomic E-state index is 0.193. The Kier molecular flexibility index (Phi) is 4.70. The van der Waals surface area contributed by atoms with Crippen LogP contribution in [-0.2, 0) is 17.9 Å². The van der Waals surface area contributed by atoms with Gasteiger partial charge in [0.05, 0.1) is 18.8 Å². The zero-order valence-corrected chi connectivity index (χ0v) is 14.4. The van der Waals surface area contributed by atoms with Gasteiger partial charge < -0.3 is 19.6 Å². The van der Waals surface area contributed by atoms with Crippen molar-refractivity contribution in [2.45, 2.75) is 19.3 Å². The highest BCUT2D eigenvalue weighted by Gasteiger charge is 2.28. The van der Waals surface area contributed by atoms with Crippen LogP contribution >= 0.6 is 0 Å². The van der Waals surface area contributed by atoms with Crippen molar-refractivity contribution in [2.24, 2.45) is 0 Å². The molecule has 4 rings (SSSR count). The number of rotatable bonds is 5. The summed E-state index contributed by atoms with van der Waals surface area (Å²) in [6.45, 7) is 0.836. The number of ether oxygens (including phenoxy) is 2. The largest absolute Gasteiger partial charge is 0.443 e. The van der Waals surface area contributed by atoms with Gasteiger partial charge in [-0.15, -0.1) is 0 Å². The molecule has 0 saturated heterocycles. The third kappa shape index (κ3) is 3.67. The van der Waals surface area contributed by atoms with Gasteiger partial charge in [-0.25, -0.2) is 8.78 Å². The average Bonchev–Trinajstić information content (AvgIpc) is 3.11. The number of pyridine rings is 1. The summed E-state index contributed by atoms with van der Waals surface area (Å²) in [7, 11) is 0. The standard InChI is InChI=1S/C18H14F2N4O4/c19-12-2-3-14(15(20)5-12)16-4-1-11(6-21-16)9-27-13-7-23-8-17(24(25)26)22-18(23)28-10-13/h1-6,8,13H,7,9-10H2/t13-/m1/s1. The first-order chi connectivity index (χ1) is 13.5. The zero-order valence-electron chi connectivity index (χ0n) is 14.4. The maximum atomic E-state index is 13.8. The first-order valence-electron chi connectivity index (χ1n) is 8.36. The Morgan fingerprint density at radius 1 is 1.32 bits per heavy atom. The van der Waals surface area contributed by atoms with E-state index >= 15 is 0 Å². The van der Waals surface area contributed by atoms with Crippen molar-refractivity contribution in [1.29, 1.82) is 0 Å². The van der Waals surface area contributed by atoms with E-state index in [1.807, 2.05) is 0 Å². The molecule has 0 N–H and O–H groups in total. The summed E-state index contributed by atoms with van der Waals surface area (Å²) in [6.07, 6.45) is 2.55. The fourth-order valence-corrected chi connectivity index (χ4v) is 2.84. The molecule has 0 radical (unpaired) electrons. The lowest BCUT2D eigenvalue weighted by molar-refractivity contribution is -0.389. The molecule has 1 atom stereocenters. The van der Waals surface area contributed by atoms with Crippen LogP contribution < -0.4 is 4.74 Å². The summed E-state index contributed by atoms with van der Waals surface area (Å²) in [5, 5.41) is 10.8. The smallest absolute Gasteiger partial charge is 0.414 e. The third-order valence-electron chi connectivity index (χ3n) is 4.23. The molecule has 0 saturated carbocycles. The molecule has 144 valence electrons. The molecule has 8 nitrogen and oxygen atoms in total. The average molecular weight is 388 g/mol. The van der Waals surface area contributed by atoms with Crippen LogP contribution in [0.25, 0.3) is 11.3 Å². The number of hydrogen-bond donors (Lipinski definition) is 0. The van der Waals surface area contributed by atoms with Crippen LogP contribution in [0.15, 0.2) is 42.7 Å². The van der Waals surface area contributed by atoms with E-state index in [0.717, 1.165) is 11.6 Å². The molecule has 28 heavy (non-hydrogen) atoms. The van der Waals surface area contributed by atoms with Crippen molar-refractivity contribution in [3.8, 4) is 17.3 Å². The Labute approximate surface area is 157 Å². The third-order valence-corrected chi connectivity index (χ3v) is 4.23. The molecule has 0 unspecified atom stereocenters. The molecule has 1 aliphatic heterocycles. The Morgan fingerprint density at radius 2 is 2.18 bits per heavy atom. The zero-order chi connectivity index (χ0) is 19.7. The van der Waals surface area contributed by atoms with Gasteiger partial charge in [-0.1, -0.05) is 6.07 Å². The molecule has 1 aliphatic rings. The van der Waals surface area contributed by atoms with Gasteiger partial charge in [0.2, 0.25) is 0 Å². The molecule has 0 amide bonds. The van der Waals surface area contributed by atoms with Gasteiger partial charge in [-0.2, -0.15) is 0 Å². The summed E-state index contributed by atoms with van der Waals surface area (Å²) >= 11 is 0. The Morgan fingerprint density at radius 3 is 2.89 bits per heavy atom. The van der Waals surface area contributed by atoms with E-state index in [0.29, 0.717) is 12.2 Å². The number of hydrogen-bond acceptors (Lipinski definition) is 6. The molecule has 3 heterocycles. The molecule has 3 aromatic rings. The number of imidazole rings is 1. The molecule has 0 bridgehead atoms. The molecule has 1 aromatic carbocycles. The lowest BCUT2D eigenvalue weighted by atomic mass is 10.1. The topological polar surface area (TPSA) is 92.3 Å². The van der Waals surface area contributed by atoms with E-state index in [2.05, 4.69) is 9.97 Å². The van der Waals surface area contributed by atoms with Gasteiger partial charge in [0, 0.05) is 22.8 Å². The summed E-state index contributed by atoms with van der Waals surface area (Å²) in [6, 6.07) is 6.89. The first-order valence-corrected chi connectivity index (χ1v) is 8.36. The van der Waals surface area contributed by atoms with Crippen LogP contribution in [0, 0.1) is 21.7 Å². The molecule has 2 aromatic heterocycles. The quantitative estimate of drug-likeness (QED) is 0.493. The summed E-state index contributed by atoms with van der Waals surface area (Å²) < 4.78 is 39.5. The van der Waals surface area contributed by atoms with Crippen LogP contribution in [0.2, 0.25) is 0 Å². The van der Waals surface area contributed by atoms with Gasteiger partial charge in [-0.05, 0) is 28.7 Å². The monoisotopic (exact) mass is 388 g/mol. The van der Waals surface area contributed by atoms with Gasteiger partial charge >= 0.3 is 11.8 Å².